The SMILES string of the molecule is CC1CCC(C(=O)O)CN1C(=O)Cc1cn2cc(Cl)cc(Cl)c2n1. The summed E-state index contributed by atoms with van der Waals surface area (Å²) in [5.41, 5.74) is 1.12. The fourth-order valence-corrected chi connectivity index (χ4v) is 3.60. The lowest BCUT2D eigenvalue weighted by atomic mass is 9.93. The highest BCUT2D eigenvalue weighted by Gasteiger charge is 2.32. The van der Waals surface area contributed by atoms with Crippen LogP contribution in [0.3, 0.4) is 0 Å². The summed E-state index contributed by atoms with van der Waals surface area (Å²) in [5.74, 6) is -1.48. The molecule has 0 bridgehead atoms. The van der Waals surface area contributed by atoms with Gasteiger partial charge in [-0.1, -0.05) is 23.2 Å². The fraction of sp³-hybridized carbons (Fsp3) is 0.438. The number of aliphatic carboxylic acids is 1. The van der Waals surface area contributed by atoms with E-state index in [1.54, 1.807) is 27.8 Å². The van der Waals surface area contributed by atoms with Crippen molar-refractivity contribution in [1.29, 1.82) is 0 Å². The maximum absolute atomic E-state index is 12.6. The van der Waals surface area contributed by atoms with Crippen LogP contribution in [-0.2, 0) is 16.0 Å². The van der Waals surface area contributed by atoms with Gasteiger partial charge in [0.05, 0.1) is 28.1 Å². The first-order chi connectivity index (χ1) is 11.3. The summed E-state index contributed by atoms with van der Waals surface area (Å²) in [6.07, 6.45) is 4.78. The summed E-state index contributed by atoms with van der Waals surface area (Å²) < 4.78 is 1.69. The number of hydrogen-bond donors (Lipinski definition) is 1. The zero-order valence-electron chi connectivity index (χ0n) is 13.1. The number of halogens is 2. The van der Waals surface area contributed by atoms with Crippen molar-refractivity contribution in [3.8, 4) is 0 Å². The molecule has 1 fully saturated rings. The lowest BCUT2D eigenvalue weighted by molar-refractivity contribution is -0.147. The second kappa shape index (κ2) is 6.61. The molecule has 8 heteroatoms. The molecule has 1 N–H and O–H groups in total. The summed E-state index contributed by atoms with van der Waals surface area (Å²) in [4.78, 5) is 29.8. The highest BCUT2D eigenvalue weighted by atomic mass is 35.5. The first kappa shape index (κ1) is 17.0. The third-order valence-corrected chi connectivity index (χ3v) is 4.89. The number of fused-ring (bicyclic) bond motifs is 1. The molecule has 2 atom stereocenters. The van der Waals surface area contributed by atoms with E-state index in [1.165, 1.54) is 0 Å². The van der Waals surface area contributed by atoms with Gasteiger partial charge in [-0.3, -0.25) is 9.59 Å². The van der Waals surface area contributed by atoms with E-state index in [0.717, 1.165) is 0 Å². The summed E-state index contributed by atoms with van der Waals surface area (Å²) >= 11 is 12.1. The van der Waals surface area contributed by atoms with E-state index >= 15 is 0 Å². The molecule has 6 nitrogen and oxygen atoms in total. The number of carboxylic acids is 1. The molecule has 0 radical (unpaired) electrons. The predicted molar refractivity (Wildman–Crippen MR) is 90.5 cm³/mol. The topological polar surface area (TPSA) is 74.9 Å². The number of hydrogen-bond acceptors (Lipinski definition) is 3. The molecule has 2 aromatic heterocycles. The smallest absolute Gasteiger partial charge is 0.308 e. The molecule has 0 aromatic carbocycles. The van der Waals surface area contributed by atoms with Crippen LogP contribution < -0.4 is 0 Å². The minimum atomic E-state index is -0.853. The van der Waals surface area contributed by atoms with E-state index in [9.17, 15) is 14.7 Å². The van der Waals surface area contributed by atoms with Gasteiger partial charge in [-0.2, -0.15) is 0 Å². The maximum atomic E-state index is 12.6. The minimum absolute atomic E-state index is 0.0307. The molecule has 1 aliphatic heterocycles. The van der Waals surface area contributed by atoms with Gasteiger partial charge in [-0.25, -0.2) is 4.98 Å². The quantitative estimate of drug-likeness (QED) is 0.902. The first-order valence-corrected chi connectivity index (χ1v) is 8.45. The van der Waals surface area contributed by atoms with Crippen molar-refractivity contribution >= 4 is 40.7 Å². The van der Waals surface area contributed by atoms with Crippen molar-refractivity contribution in [2.24, 2.45) is 5.92 Å². The Morgan fingerprint density at radius 1 is 1.33 bits per heavy atom. The first-order valence-electron chi connectivity index (χ1n) is 7.70. The number of rotatable bonds is 3. The van der Waals surface area contributed by atoms with Crippen LogP contribution in [0, 0.1) is 5.92 Å². The van der Waals surface area contributed by atoms with Crippen LogP contribution >= 0.6 is 23.2 Å². The van der Waals surface area contributed by atoms with Gasteiger partial charge in [0.1, 0.15) is 0 Å². The average molecular weight is 370 g/mol. The van der Waals surface area contributed by atoms with Gasteiger partial charge in [0.25, 0.3) is 0 Å². The standard InChI is InChI=1S/C16H17Cl2N3O3/c1-9-2-3-10(16(23)24)6-21(9)14(22)5-12-8-20-7-11(17)4-13(18)15(20)19-12/h4,7-10H,2-3,5-6H2,1H3,(H,23,24). The maximum Gasteiger partial charge on any atom is 0.308 e. The van der Waals surface area contributed by atoms with Gasteiger partial charge in [-0.15, -0.1) is 0 Å². The number of carbonyl (C=O) groups excluding carboxylic acids is 1. The lowest BCUT2D eigenvalue weighted by Crippen LogP contribution is -2.47. The highest BCUT2D eigenvalue weighted by Crippen LogP contribution is 2.24. The Morgan fingerprint density at radius 2 is 2.08 bits per heavy atom. The van der Waals surface area contributed by atoms with Crippen LogP contribution in [0.5, 0.6) is 0 Å². The van der Waals surface area contributed by atoms with Crippen LogP contribution in [0.1, 0.15) is 25.5 Å². The number of carbonyl (C=O) groups is 2. The number of amides is 1. The zero-order valence-corrected chi connectivity index (χ0v) is 14.6. The van der Waals surface area contributed by atoms with Crippen molar-refractivity contribution in [3.63, 3.8) is 0 Å². The zero-order chi connectivity index (χ0) is 17.4. The lowest BCUT2D eigenvalue weighted by Gasteiger charge is -2.36. The molecule has 0 saturated carbocycles. The van der Waals surface area contributed by atoms with E-state index in [1.807, 2.05) is 6.92 Å². The van der Waals surface area contributed by atoms with Crippen LogP contribution in [0.25, 0.3) is 5.65 Å². The van der Waals surface area contributed by atoms with E-state index in [0.29, 0.717) is 34.2 Å². The summed E-state index contributed by atoms with van der Waals surface area (Å²) in [6.45, 7) is 2.19. The molecule has 1 aliphatic rings. The molecule has 3 heterocycles. The Morgan fingerprint density at radius 3 is 2.79 bits per heavy atom. The molecule has 24 heavy (non-hydrogen) atoms. The van der Waals surface area contributed by atoms with Gasteiger partial charge in [-0.05, 0) is 25.8 Å². The molecule has 2 aromatic rings. The molecular weight excluding hydrogens is 353 g/mol. The number of likely N-dealkylation sites (tertiary alicyclic amines) is 1. The fourth-order valence-electron chi connectivity index (χ4n) is 3.07. The Labute approximate surface area is 149 Å². The van der Waals surface area contributed by atoms with Gasteiger partial charge in [0.15, 0.2) is 5.65 Å². The van der Waals surface area contributed by atoms with E-state index in [2.05, 4.69) is 4.98 Å². The molecule has 2 unspecified atom stereocenters. The largest absolute Gasteiger partial charge is 0.481 e. The number of imidazole rings is 1. The third-order valence-electron chi connectivity index (χ3n) is 4.41. The van der Waals surface area contributed by atoms with E-state index < -0.39 is 11.9 Å². The number of aromatic nitrogens is 2. The molecule has 0 spiro atoms. The second-order valence-corrected chi connectivity index (χ2v) is 7.00. The van der Waals surface area contributed by atoms with E-state index in [-0.39, 0.29) is 24.9 Å². The molecule has 1 amide bonds. The number of nitrogens with zero attached hydrogens (tertiary/aromatic N) is 3. The second-order valence-electron chi connectivity index (χ2n) is 6.15. The number of carboxylic acid groups (broad SMARTS) is 1. The summed E-state index contributed by atoms with van der Waals surface area (Å²) in [5, 5.41) is 10.1. The molecule has 128 valence electrons. The normalized spacial score (nSPS) is 21.2. The van der Waals surface area contributed by atoms with Crippen LogP contribution in [0.4, 0.5) is 0 Å². The third kappa shape index (κ3) is 3.35. The van der Waals surface area contributed by atoms with Crippen molar-refractivity contribution in [2.75, 3.05) is 6.54 Å². The van der Waals surface area contributed by atoms with Crippen molar-refractivity contribution in [2.45, 2.75) is 32.2 Å². The Balaban J connectivity index is 1.78. The number of piperidine rings is 1. The van der Waals surface area contributed by atoms with Crippen molar-refractivity contribution in [1.82, 2.24) is 14.3 Å². The minimum Gasteiger partial charge on any atom is -0.481 e. The van der Waals surface area contributed by atoms with Gasteiger partial charge in [0, 0.05) is 25.0 Å². The van der Waals surface area contributed by atoms with Crippen LogP contribution in [0.2, 0.25) is 10.0 Å². The van der Waals surface area contributed by atoms with Gasteiger partial charge in [0.2, 0.25) is 5.91 Å². The Bertz CT molecular complexity index is 805. The molecule has 1 saturated heterocycles. The van der Waals surface area contributed by atoms with E-state index in [4.69, 9.17) is 23.2 Å². The summed E-state index contributed by atoms with van der Waals surface area (Å²) in [6, 6.07) is 1.63. The number of pyridine rings is 1. The average Bonchev–Trinajstić information content (AvgIpc) is 2.89. The van der Waals surface area contributed by atoms with Crippen LogP contribution in [-0.4, -0.2) is 43.9 Å². The van der Waals surface area contributed by atoms with Crippen LogP contribution in [0.15, 0.2) is 18.5 Å². The molecular formula is C16H17Cl2N3O3. The molecule has 0 aliphatic carbocycles. The van der Waals surface area contributed by atoms with Gasteiger partial charge < -0.3 is 14.4 Å². The van der Waals surface area contributed by atoms with Crippen molar-refractivity contribution in [3.05, 3.63) is 34.2 Å². The molecule has 3 rings (SSSR count). The van der Waals surface area contributed by atoms with Gasteiger partial charge >= 0.3 is 5.97 Å². The van der Waals surface area contributed by atoms with Crippen molar-refractivity contribution < 1.29 is 14.7 Å². The Hall–Kier alpha value is -1.79. The monoisotopic (exact) mass is 369 g/mol. The summed E-state index contributed by atoms with van der Waals surface area (Å²) in [7, 11) is 0. The predicted octanol–water partition coefficient (Wildman–Crippen LogP) is 2.90. The Kier molecular flexibility index (Phi) is 4.69. The highest BCUT2D eigenvalue weighted by molar-refractivity contribution is 6.36.